The van der Waals surface area contributed by atoms with Gasteiger partial charge in [-0.15, -0.1) is 0 Å². The van der Waals surface area contributed by atoms with Gasteiger partial charge in [0.15, 0.2) is 0 Å². The van der Waals surface area contributed by atoms with E-state index in [4.69, 9.17) is 5.73 Å². The summed E-state index contributed by atoms with van der Waals surface area (Å²) in [6, 6.07) is 6.97. The number of piperazine rings is 1. The largest absolute Gasteiger partial charge is 0.405 e. The highest BCUT2D eigenvalue weighted by Crippen LogP contribution is 2.27. The van der Waals surface area contributed by atoms with Crippen LogP contribution >= 0.6 is 0 Å². The Kier molecular flexibility index (Phi) is 8.00. The van der Waals surface area contributed by atoms with Crippen LogP contribution in [0.1, 0.15) is 12.8 Å². The lowest BCUT2D eigenvalue weighted by atomic mass is 9.94. The number of carbonyl (C=O) groups is 1. The third kappa shape index (κ3) is 5.63. The molecule has 0 bridgehead atoms. The van der Waals surface area contributed by atoms with E-state index in [-0.39, 0.29) is 11.8 Å². The zero-order valence-electron chi connectivity index (χ0n) is 19.9. The monoisotopic (exact) mass is 495 g/mol. The van der Waals surface area contributed by atoms with Crippen LogP contribution in [0, 0.1) is 5.92 Å². The summed E-state index contributed by atoms with van der Waals surface area (Å²) in [5, 5.41) is 1.46. The molecule has 0 aliphatic carbocycles. The molecule has 0 spiro atoms. The van der Waals surface area contributed by atoms with Crippen molar-refractivity contribution in [1.82, 2.24) is 19.1 Å². The Morgan fingerprint density at radius 1 is 1.11 bits per heavy atom. The number of benzene rings is 1. The summed E-state index contributed by atoms with van der Waals surface area (Å²) >= 11 is 0. The first-order chi connectivity index (χ1) is 16.9. The second-order valence-electron chi connectivity index (χ2n) is 8.97. The molecule has 0 atom stereocenters. The van der Waals surface area contributed by atoms with Crippen LogP contribution in [0.3, 0.4) is 0 Å². The zero-order chi connectivity index (χ0) is 24.8. The molecule has 0 saturated carbocycles. The Hall–Kier alpha value is -3.01. The predicted molar refractivity (Wildman–Crippen MR) is 138 cm³/mol. The van der Waals surface area contributed by atoms with Gasteiger partial charge in [0.05, 0.1) is 4.90 Å². The first kappa shape index (κ1) is 25.1. The minimum absolute atomic E-state index is 0.0168. The van der Waals surface area contributed by atoms with Crippen molar-refractivity contribution < 1.29 is 13.2 Å². The SMILES string of the molecule is C=C/C=C(\C=C/N)CN1CCC(C(=O)N2CCN(S(=O)(=O)c3cccc4cnccc34)CC2)CC1. The molecule has 1 aromatic carbocycles. The van der Waals surface area contributed by atoms with E-state index in [2.05, 4.69) is 16.5 Å². The number of aromatic nitrogens is 1. The quantitative estimate of drug-likeness (QED) is 0.592. The van der Waals surface area contributed by atoms with Crippen LogP contribution in [0.15, 0.2) is 78.1 Å². The standard InChI is InChI=1S/C26H33N5O3S/c1-2-4-21(7-11-27)20-29-13-9-22(10-14-29)26(32)30-15-17-31(18-16-30)35(33,34)25-6-3-5-23-19-28-12-8-24(23)25/h2-8,11-12,19,22H,1,9-10,13-18,20,27H2/b11-7-,21-4+. The van der Waals surface area contributed by atoms with Gasteiger partial charge in [-0.1, -0.05) is 30.9 Å². The first-order valence-corrected chi connectivity index (χ1v) is 13.4. The molecule has 2 aromatic rings. The smallest absolute Gasteiger partial charge is 0.243 e. The molecule has 35 heavy (non-hydrogen) atoms. The van der Waals surface area contributed by atoms with E-state index < -0.39 is 10.0 Å². The van der Waals surface area contributed by atoms with Gasteiger partial charge in [0.2, 0.25) is 15.9 Å². The number of piperidine rings is 1. The Morgan fingerprint density at radius 2 is 1.86 bits per heavy atom. The summed E-state index contributed by atoms with van der Waals surface area (Å²) in [5.74, 6) is 0.124. The Bertz CT molecular complexity index is 1220. The van der Waals surface area contributed by atoms with Crippen LogP contribution in [0.4, 0.5) is 0 Å². The van der Waals surface area contributed by atoms with E-state index in [0.717, 1.165) is 43.4 Å². The lowest BCUT2D eigenvalue weighted by molar-refractivity contribution is -0.138. The van der Waals surface area contributed by atoms with Crippen LogP contribution in [0.5, 0.6) is 0 Å². The van der Waals surface area contributed by atoms with Crippen molar-refractivity contribution in [2.24, 2.45) is 11.7 Å². The molecule has 0 radical (unpaired) electrons. The molecular formula is C26H33N5O3S. The van der Waals surface area contributed by atoms with Crippen LogP contribution < -0.4 is 5.73 Å². The minimum atomic E-state index is -3.66. The average molecular weight is 496 g/mol. The summed E-state index contributed by atoms with van der Waals surface area (Å²) in [6.07, 6.45) is 12.0. The average Bonchev–Trinajstić information content (AvgIpc) is 2.89. The fourth-order valence-corrected chi connectivity index (χ4v) is 6.53. The number of nitrogens with zero attached hydrogens (tertiary/aromatic N) is 4. The lowest BCUT2D eigenvalue weighted by Crippen LogP contribution is -2.52. The molecule has 2 aliphatic rings. The van der Waals surface area contributed by atoms with Crippen molar-refractivity contribution in [2.75, 3.05) is 45.8 Å². The van der Waals surface area contributed by atoms with Gasteiger partial charge in [-0.25, -0.2) is 8.42 Å². The van der Waals surface area contributed by atoms with Crippen LogP contribution in [-0.2, 0) is 14.8 Å². The van der Waals surface area contributed by atoms with Crippen molar-refractivity contribution in [3.05, 3.63) is 73.2 Å². The zero-order valence-corrected chi connectivity index (χ0v) is 20.7. The van der Waals surface area contributed by atoms with E-state index >= 15 is 0 Å². The number of amides is 1. The van der Waals surface area contributed by atoms with Gasteiger partial charge >= 0.3 is 0 Å². The molecule has 1 aromatic heterocycles. The Morgan fingerprint density at radius 3 is 2.54 bits per heavy atom. The molecule has 186 valence electrons. The lowest BCUT2D eigenvalue weighted by Gasteiger charge is -2.38. The molecule has 2 aliphatic heterocycles. The molecule has 1 amide bonds. The summed E-state index contributed by atoms with van der Waals surface area (Å²) in [6.45, 7) is 7.64. The fraction of sp³-hybridized carbons (Fsp3) is 0.385. The minimum Gasteiger partial charge on any atom is -0.405 e. The third-order valence-corrected chi connectivity index (χ3v) is 8.75. The second kappa shape index (κ2) is 11.2. The van der Waals surface area contributed by atoms with Crippen molar-refractivity contribution in [2.45, 2.75) is 17.7 Å². The van der Waals surface area contributed by atoms with E-state index in [0.29, 0.717) is 36.5 Å². The number of hydrogen-bond donors (Lipinski definition) is 1. The number of likely N-dealkylation sites (tertiary alicyclic amines) is 1. The van der Waals surface area contributed by atoms with Gasteiger partial charge in [-0.05, 0) is 55.9 Å². The van der Waals surface area contributed by atoms with E-state index in [9.17, 15) is 13.2 Å². The number of hydrogen-bond acceptors (Lipinski definition) is 6. The van der Waals surface area contributed by atoms with Crippen molar-refractivity contribution in [3.8, 4) is 0 Å². The molecule has 9 heteroatoms. The molecular weight excluding hydrogens is 462 g/mol. The summed E-state index contributed by atoms with van der Waals surface area (Å²) in [4.78, 5) is 21.7. The summed E-state index contributed by atoms with van der Waals surface area (Å²) in [7, 11) is -3.66. The van der Waals surface area contributed by atoms with Crippen molar-refractivity contribution in [3.63, 3.8) is 0 Å². The molecule has 4 rings (SSSR count). The Balaban J connectivity index is 1.33. The maximum atomic E-state index is 13.4. The topological polar surface area (TPSA) is 99.8 Å². The normalized spacial score (nSPS) is 19.4. The van der Waals surface area contributed by atoms with Crippen LogP contribution in [-0.4, -0.2) is 79.2 Å². The van der Waals surface area contributed by atoms with Gasteiger partial charge in [0.25, 0.3) is 0 Å². The number of rotatable bonds is 7. The van der Waals surface area contributed by atoms with Crippen LogP contribution in [0.2, 0.25) is 0 Å². The molecule has 3 heterocycles. The van der Waals surface area contributed by atoms with Gasteiger partial charge in [0, 0.05) is 61.8 Å². The number of carbonyl (C=O) groups excluding carboxylic acids is 1. The number of fused-ring (bicyclic) bond motifs is 1. The molecule has 2 fully saturated rings. The highest BCUT2D eigenvalue weighted by molar-refractivity contribution is 7.89. The van der Waals surface area contributed by atoms with Gasteiger partial charge in [0.1, 0.15) is 0 Å². The van der Waals surface area contributed by atoms with Gasteiger partial charge in [-0.3, -0.25) is 14.7 Å². The summed E-state index contributed by atoms with van der Waals surface area (Å²) in [5.41, 5.74) is 6.63. The highest BCUT2D eigenvalue weighted by Gasteiger charge is 2.34. The Labute approximate surface area is 207 Å². The molecule has 2 N–H and O–H groups in total. The highest BCUT2D eigenvalue weighted by atomic mass is 32.2. The number of pyridine rings is 1. The van der Waals surface area contributed by atoms with Gasteiger partial charge < -0.3 is 10.6 Å². The predicted octanol–water partition coefficient (Wildman–Crippen LogP) is 2.36. The summed E-state index contributed by atoms with van der Waals surface area (Å²) < 4.78 is 28.2. The molecule has 8 nitrogen and oxygen atoms in total. The maximum absolute atomic E-state index is 13.4. The number of nitrogens with two attached hydrogens (primary N) is 1. The molecule has 2 saturated heterocycles. The van der Waals surface area contributed by atoms with E-state index in [1.54, 1.807) is 36.7 Å². The number of sulfonamides is 1. The van der Waals surface area contributed by atoms with E-state index in [1.165, 1.54) is 10.5 Å². The van der Waals surface area contributed by atoms with Crippen molar-refractivity contribution in [1.29, 1.82) is 0 Å². The van der Waals surface area contributed by atoms with Gasteiger partial charge in [-0.2, -0.15) is 4.31 Å². The van der Waals surface area contributed by atoms with Crippen molar-refractivity contribution >= 4 is 26.7 Å². The maximum Gasteiger partial charge on any atom is 0.243 e. The van der Waals surface area contributed by atoms with E-state index in [1.807, 2.05) is 23.1 Å². The fourth-order valence-electron chi connectivity index (χ4n) is 4.90. The van der Waals surface area contributed by atoms with Crippen LogP contribution in [0.25, 0.3) is 10.8 Å². The molecule has 0 unspecified atom stereocenters. The third-order valence-electron chi connectivity index (χ3n) is 6.79. The number of allylic oxidation sites excluding steroid dienone is 2. The second-order valence-corrected chi connectivity index (χ2v) is 10.9. The first-order valence-electron chi connectivity index (χ1n) is 12.0.